The van der Waals surface area contributed by atoms with Crippen molar-refractivity contribution >= 4 is 17.3 Å². The van der Waals surface area contributed by atoms with E-state index in [2.05, 4.69) is 0 Å². The molecule has 0 fully saturated rings. The average Bonchev–Trinajstić information content (AvgIpc) is 2.23. The van der Waals surface area contributed by atoms with Gasteiger partial charge < -0.3 is 5.11 Å². The summed E-state index contributed by atoms with van der Waals surface area (Å²) in [6, 6.07) is 5.96. The molecule has 1 aromatic carbocycles. The maximum absolute atomic E-state index is 11.3. The summed E-state index contributed by atoms with van der Waals surface area (Å²) in [4.78, 5) is 33.7. The Kier molecular flexibility index (Phi) is 1.79. The number of carbonyl (C=O) groups is 3. The first kappa shape index (κ1) is 8.77. The SMILES string of the molecule is O=C1C(=O)C(O)C(=O)c2ccccc21. The van der Waals surface area contributed by atoms with Crippen molar-refractivity contribution in [2.45, 2.75) is 6.10 Å². The molecule has 4 heteroatoms. The number of Topliss-reactive ketones (excluding diaryl/α,β-unsaturated/α-hetero) is 3. The molecule has 2 rings (SSSR count). The molecule has 0 bridgehead atoms. The maximum Gasteiger partial charge on any atom is 0.239 e. The van der Waals surface area contributed by atoms with Crippen LogP contribution in [0.5, 0.6) is 0 Å². The molecular weight excluding hydrogens is 184 g/mol. The fraction of sp³-hybridized carbons (Fsp3) is 0.100. The minimum absolute atomic E-state index is 0.0767. The molecule has 0 saturated carbocycles. The van der Waals surface area contributed by atoms with Gasteiger partial charge in [-0.25, -0.2) is 0 Å². The Morgan fingerprint density at radius 3 is 2.14 bits per heavy atom. The summed E-state index contributed by atoms with van der Waals surface area (Å²) < 4.78 is 0. The Balaban J connectivity index is 2.68. The topological polar surface area (TPSA) is 71.4 Å². The molecule has 70 valence electrons. The van der Waals surface area contributed by atoms with Gasteiger partial charge in [0.15, 0.2) is 11.9 Å². The van der Waals surface area contributed by atoms with Crippen LogP contribution < -0.4 is 0 Å². The van der Waals surface area contributed by atoms with Gasteiger partial charge in [0, 0.05) is 11.1 Å². The third-order valence-electron chi connectivity index (χ3n) is 2.16. The van der Waals surface area contributed by atoms with Crippen LogP contribution in [0.25, 0.3) is 0 Å². The smallest absolute Gasteiger partial charge is 0.239 e. The minimum Gasteiger partial charge on any atom is -0.377 e. The molecule has 0 saturated heterocycles. The van der Waals surface area contributed by atoms with Crippen molar-refractivity contribution in [1.82, 2.24) is 0 Å². The van der Waals surface area contributed by atoms with Crippen LogP contribution in [-0.2, 0) is 4.79 Å². The van der Waals surface area contributed by atoms with E-state index in [-0.39, 0.29) is 11.1 Å². The Labute approximate surface area is 79.2 Å². The largest absolute Gasteiger partial charge is 0.377 e. The lowest BCUT2D eigenvalue weighted by molar-refractivity contribution is -0.120. The van der Waals surface area contributed by atoms with E-state index < -0.39 is 23.5 Å². The van der Waals surface area contributed by atoms with E-state index in [1.165, 1.54) is 12.1 Å². The van der Waals surface area contributed by atoms with Gasteiger partial charge in [-0.3, -0.25) is 14.4 Å². The van der Waals surface area contributed by atoms with Crippen molar-refractivity contribution in [1.29, 1.82) is 0 Å². The monoisotopic (exact) mass is 190 g/mol. The number of hydrogen-bond donors (Lipinski definition) is 1. The van der Waals surface area contributed by atoms with Crippen LogP contribution in [0.1, 0.15) is 20.7 Å². The van der Waals surface area contributed by atoms with Crippen LogP contribution >= 0.6 is 0 Å². The van der Waals surface area contributed by atoms with Crippen LogP contribution in [0, 0.1) is 0 Å². The van der Waals surface area contributed by atoms with Gasteiger partial charge in [0.1, 0.15) is 0 Å². The van der Waals surface area contributed by atoms with Crippen molar-refractivity contribution < 1.29 is 19.5 Å². The van der Waals surface area contributed by atoms with Crippen molar-refractivity contribution in [3.05, 3.63) is 35.4 Å². The third-order valence-corrected chi connectivity index (χ3v) is 2.16. The average molecular weight is 190 g/mol. The lowest BCUT2D eigenvalue weighted by Crippen LogP contribution is -2.41. The van der Waals surface area contributed by atoms with Crippen LogP contribution in [-0.4, -0.2) is 28.6 Å². The summed E-state index contributed by atoms with van der Waals surface area (Å²) in [5, 5.41) is 9.14. The van der Waals surface area contributed by atoms with Crippen LogP contribution in [0.15, 0.2) is 24.3 Å². The van der Waals surface area contributed by atoms with Crippen molar-refractivity contribution in [3.8, 4) is 0 Å². The molecule has 1 aliphatic carbocycles. The lowest BCUT2D eigenvalue weighted by Gasteiger charge is -2.16. The number of rotatable bonds is 0. The molecule has 1 N–H and O–H groups in total. The number of benzene rings is 1. The highest BCUT2D eigenvalue weighted by Crippen LogP contribution is 2.18. The quantitative estimate of drug-likeness (QED) is 0.461. The standard InChI is InChI=1S/C10H6O4/c11-7-5-3-1-2-4-6(5)8(12)10(14)9(7)13/h1-4,9,13H. The highest BCUT2D eigenvalue weighted by molar-refractivity contribution is 6.52. The summed E-state index contributed by atoms with van der Waals surface area (Å²) in [6.45, 7) is 0. The number of fused-ring (bicyclic) bond motifs is 1. The van der Waals surface area contributed by atoms with E-state index in [4.69, 9.17) is 5.11 Å². The van der Waals surface area contributed by atoms with Crippen molar-refractivity contribution in [2.24, 2.45) is 0 Å². The van der Waals surface area contributed by atoms with Crippen molar-refractivity contribution in [2.75, 3.05) is 0 Å². The van der Waals surface area contributed by atoms with Crippen LogP contribution in [0.3, 0.4) is 0 Å². The molecule has 0 radical (unpaired) electrons. The number of ketones is 3. The molecule has 1 aromatic rings. The summed E-state index contributed by atoms with van der Waals surface area (Å²) >= 11 is 0. The Hall–Kier alpha value is -1.81. The second-order valence-corrected chi connectivity index (χ2v) is 3.01. The van der Waals surface area contributed by atoms with Gasteiger partial charge >= 0.3 is 0 Å². The molecular formula is C10H6O4. The minimum atomic E-state index is -1.82. The highest BCUT2D eigenvalue weighted by atomic mass is 16.3. The third kappa shape index (κ3) is 1.01. The van der Waals surface area contributed by atoms with Gasteiger partial charge in [-0.2, -0.15) is 0 Å². The molecule has 0 aliphatic heterocycles. The highest BCUT2D eigenvalue weighted by Gasteiger charge is 2.38. The normalized spacial score (nSPS) is 20.9. The second kappa shape index (κ2) is 2.85. The first-order valence-electron chi connectivity index (χ1n) is 4.03. The molecule has 0 spiro atoms. The van der Waals surface area contributed by atoms with E-state index in [1.807, 2.05) is 0 Å². The van der Waals surface area contributed by atoms with Crippen LogP contribution in [0.2, 0.25) is 0 Å². The van der Waals surface area contributed by atoms with Crippen LogP contribution in [0.4, 0.5) is 0 Å². The number of aliphatic hydroxyl groups is 1. The zero-order valence-corrected chi connectivity index (χ0v) is 7.06. The molecule has 1 aliphatic rings. The van der Waals surface area contributed by atoms with Gasteiger partial charge in [0.2, 0.25) is 11.6 Å². The second-order valence-electron chi connectivity index (χ2n) is 3.01. The van der Waals surface area contributed by atoms with E-state index >= 15 is 0 Å². The number of aliphatic hydroxyl groups excluding tert-OH is 1. The van der Waals surface area contributed by atoms with Gasteiger partial charge in [-0.05, 0) is 0 Å². The first-order valence-corrected chi connectivity index (χ1v) is 4.03. The first-order chi connectivity index (χ1) is 6.63. The summed E-state index contributed by atoms with van der Waals surface area (Å²) in [5.74, 6) is -2.55. The summed E-state index contributed by atoms with van der Waals surface area (Å²) in [6.07, 6.45) is -1.82. The maximum atomic E-state index is 11.3. The van der Waals surface area contributed by atoms with E-state index in [0.29, 0.717) is 0 Å². The van der Waals surface area contributed by atoms with E-state index in [9.17, 15) is 14.4 Å². The van der Waals surface area contributed by atoms with Gasteiger partial charge in [0.05, 0.1) is 0 Å². The predicted octanol–water partition coefficient (Wildman–Crippen LogP) is -0.00440. The number of hydrogen-bond acceptors (Lipinski definition) is 4. The molecule has 0 heterocycles. The summed E-state index contributed by atoms with van der Waals surface area (Å²) in [5.41, 5.74) is 0.192. The molecule has 1 atom stereocenters. The lowest BCUT2D eigenvalue weighted by atomic mass is 9.87. The fourth-order valence-corrected chi connectivity index (χ4v) is 1.42. The Morgan fingerprint density at radius 2 is 1.50 bits per heavy atom. The van der Waals surface area contributed by atoms with Crippen molar-refractivity contribution in [3.63, 3.8) is 0 Å². The molecule has 0 aromatic heterocycles. The Morgan fingerprint density at radius 1 is 0.929 bits per heavy atom. The Bertz CT molecular complexity index is 447. The fourth-order valence-electron chi connectivity index (χ4n) is 1.42. The zero-order valence-electron chi connectivity index (χ0n) is 7.06. The zero-order chi connectivity index (χ0) is 10.3. The van der Waals surface area contributed by atoms with Gasteiger partial charge in [-0.1, -0.05) is 24.3 Å². The molecule has 14 heavy (non-hydrogen) atoms. The predicted molar refractivity (Wildman–Crippen MR) is 46.1 cm³/mol. The number of carbonyl (C=O) groups excluding carboxylic acids is 3. The summed E-state index contributed by atoms with van der Waals surface area (Å²) in [7, 11) is 0. The van der Waals surface area contributed by atoms with Gasteiger partial charge in [-0.15, -0.1) is 0 Å². The molecule has 4 nitrogen and oxygen atoms in total. The molecule has 1 unspecified atom stereocenters. The van der Waals surface area contributed by atoms with Gasteiger partial charge in [0.25, 0.3) is 0 Å². The van der Waals surface area contributed by atoms with E-state index in [0.717, 1.165) is 0 Å². The molecule has 0 amide bonds. The van der Waals surface area contributed by atoms with E-state index in [1.54, 1.807) is 12.1 Å².